The smallest absolute Gasteiger partial charge is 0.335 e. The molecule has 1 N–H and O–H groups in total. The summed E-state index contributed by atoms with van der Waals surface area (Å²) in [5.41, 5.74) is 1.37. The van der Waals surface area contributed by atoms with E-state index >= 15 is 0 Å². The maximum atomic E-state index is 10.9. The van der Waals surface area contributed by atoms with Crippen LogP contribution in [0.25, 0.3) is 0 Å². The summed E-state index contributed by atoms with van der Waals surface area (Å²) in [6, 6.07) is 11.2. The summed E-state index contributed by atoms with van der Waals surface area (Å²) in [5, 5.41) is 9.16. The fourth-order valence-electron chi connectivity index (χ4n) is 1.67. The lowest BCUT2D eigenvalue weighted by atomic mass is 10.1. The molecule has 0 fully saturated rings. The first kappa shape index (κ1) is 14.1. The minimum atomic E-state index is -0.980. The van der Waals surface area contributed by atoms with Crippen LogP contribution in [0, 0.1) is 0 Å². The van der Waals surface area contributed by atoms with Crippen LogP contribution in [0.4, 0.5) is 0 Å². The second kappa shape index (κ2) is 6.21. The lowest BCUT2D eigenvalue weighted by molar-refractivity contribution is 0.0696. The van der Waals surface area contributed by atoms with Crippen molar-refractivity contribution in [2.75, 3.05) is 0 Å². The number of aromatic carboxylic acids is 1. The standard InChI is InChI=1S/C15H11ClO4/c16-13-3-1-2-12(8-17)14(13)20-9-10-4-6-11(7-5-10)15(18)19/h1-8H,9H2,(H,18,19). The molecule has 0 aromatic heterocycles. The normalized spacial score (nSPS) is 10.1. The second-order valence-corrected chi connectivity index (χ2v) is 4.47. The second-order valence-electron chi connectivity index (χ2n) is 4.07. The van der Waals surface area contributed by atoms with Gasteiger partial charge in [0.2, 0.25) is 0 Å². The molecule has 0 bridgehead atoms. The van der Waals surface area contributed by atoms with E-state index in [9.17, 15) is 9.59 Å². The Bertz CT molecular complexity index is 635. The number of aldehydes is 1. The number of benzene rings is 2. The molecule has 5 heteroatoms. The highest BCUT2D eigenvalue weighted by atomic mass is 35.5. The molecule has 20 heavy (non-hydrogen) atoms. The highest BCUT2D eigenvalue weighted by Gasteiger charge is 2.08. The Morgan fingerprint density at radius 3 is 2.50 bits per heavy atom. The van der Waals surface area contributed by atoms with Crippen LogP contribution in [0.5, 0.6) is 5.75 Å². The summed E-state index contributed by atoms with van der Waals surface area (Å²) in [6.07, 6.45) is 0.675. The van der Waals surface area contributed by atoms with E-state index in [-0.39, 0.29) is 12.2 Å². The van der Waals surface area contributed by atoms with Crippen molar-refractivity contribution in [2.45, 2.75) is 6.61 Å². The summed E-state index contributed by atoms with van der Waals surface area (Å²) in [7, 11) is 0. The zero-order chi connectivity index (χ0) is 14.5. The summed E-state index contributed by atoms with van der Waals surface area (Å²) >= 11 is 5.98. The molecule has 102 valence electrons. The van der Waals surface area contributed by atoms with Gasteiger partial charge >= 0.3 is 5.97 Å². The molecule has 2 aromatic carbocycles. The number of carbonyl (C=O) groups is 2. The summed E-state index contributed by atoms with van der Waals surface area (Å²) in [6.45, 7) is 0.199. The van der Waals surface area contributed by atoms with Crippen molar-refractivity contribution in [1.29, 1.82) is 0 Å². The average molecular weight is 291 g/mol. The fourth-order valence-corrected chi connectivity index (χ4v) is 1.91. The Kier molecular flexibility index (Phi) is 4.38. The zero-order valence-electron chi connectivity index (χ0n) is 10.4. The molecule has 0 aliphatic heterocycles. The van der Waals surface area contributed by atoms with Crippen molar-refractivity contribution in [2.24, 2.45) is 0 Å². The van der Waals surface area contributed by atoms with Gasteiger partial charge in [0.05, 0.1) is 16.1 Å². The van der Waals surface area contributed by atoms with E-state index < -0.39 is 5.97 Å². The van der Waals surface area contributed by atoms with E-state index in [1.807, 2.05) is 0 Å². The van der Waals surface area contributed by atoms with E-state index in [4.69, 9.17) is 21.4 Å². The monoisotopic (exact) mass is 290 g/mol. The quantitative estimate of drug-likeness (QED) is 0.857. The number of hydrogen-bond donors (Lipinski definition) is 1. The number of hydrogen-bond acceptors (Lipinski definition) is 3. The molecule has 0 radical (unpaired) electrons. The van der Waals surface area contributed by atoms with Crippen LogP contribution < -0.4 is 4.74 Å². The summed E-state index contributed by atoms with van der Waals surface area (Å²) < 4.78 is 5.53. The van der Waals surface area contributed by atoms with Crippen LogP contribution in [0.2, 0.25) is 5.02 Å². The van der Waals surface area contributed by atoms with Gasteiger partial charge in [0.15, 0.2) is 6.29 Å². The zero-order valence-corrected chi connectivity index (χ0v) is 11.1. The number of carbonyl (C=O) groups excluding carboxylic acids is 1. The Morgan fingerprint density at radius 1 is 1.20 bits per heavy atom. The van der Waals surface area contributed by atoms with Gasteiger partial charge in [0.1, 0.15) is 12.4 Å². The Labute approximate surface area is 120 Å². The third-order valence-corrected chi connectivity index (χ3v) is 3.01. The van der Waals surface area contributed by atoms with E-state index in [0.717, 1.165) is 5.56 Å². The van der Waals surface area contributed by atoms with E-state index in [2.05, 4.69) is 0 Å². The number of ether oxygens (including phenoxy) is 1. The number of carboxylic acids is 1. The highest BCUT2D eigenvalue weighted by Crippen LogP contribution is 2.28. The van der Waals surface area contributed by atoms with Crippen molar-refractivity contribution in [3.63, 3.8) is 0 Å². The van der Waals surface area contributed by atoms with Crippen molar-refractivity contribution in [3.05, 3.63) is 64.2 Å². The molecule has 0 unspecified atom stereocenters. The van der Waals surface area contributed by atoms with E-state index in [1.165, 1.54) is 12.1 Å². The van der Waals surface area contributed by atoms with Crippen LogP contribution in [0.1, 0.15) is 26.3 Å². The molecule has 0 saturated heterocycles. The first-order valence-corrected chi connectivity index (χ1v) is 6.18. The minimum absolute atomic E-state index is 0.199. The lowest BCUT2D eigenvalue weighted by Gasteiger charge is -2.10. The molecule has 0 amide bonds. The van der Waals surface area contributed by atoms with Gasteiger partial charge in [-0.25, -0.2) is 4.79 Å². The largest absolute Gasteiger partial charge is 0.487 e. The topological polar surface area (TPSA) is 63.6 Å². The maximum Gasteiger partial charge on any atom is 0.335 e. The first-order chi connectivity index (χ1) is 9.61. The van der Waals surface area contributed by atoms with Crippen molar-refractivity contribution in [1.82, 2.24) is 0 Å². The number of halogens is 1. The van der Waals surface area contributed by atoms with Crippen LogP contribution in [0.15, 0.2) is 42.5 Å². The molecule has 0 aliphatic carbocycles. The maximum absolute atomic E-state index is 10.9. The van der Waals surface area contributed by atoms with Gasteiger partial charge in [-0.15, -0.1) is 0 Å². The van der Waals surface area contributed by atoms with Gasteiger partial charge in [-0.1, -0.05) is 29.8 Å². The molecular weight excluding hydrogens is 280 g/mol. The van der Waals surface area contributed by atoms with Crippen LogP contribution in [-0.4, -0.2) is 17.4 Å². The van der Waals surface area contributed by atoms with Crippen LogP contribution in [-0.2, 0) is 6.61 Å². The SMILES string of the molecule is O=Cc1cccc(Cl)c1OCc1ccc(C(=O)O)cc1. The molecule has 0 aliphatic rings. The van der Waals surface area contributed by atoms with Gasteiger partial charge in [0.25, 0.3) is 0 Å². The molecule has 2 rings (SSSR count). The Hall–Kier alpha value is -2.33. The molecule has 0 heterocycles. The lowest BCUT2D eigenvalue weighted by Crippen LogP contribution is -2.00. The van der Waals surface area contributed by atoms with E-state index in [1.54, 1.807) is 30.3 Å². The van der Waals surface area contributed by atoms with Gasteiger partial charge in [-0.3, -0.25) is 4.79 Å². The highest BCUT2D eigenvalue weighted by molar-refractivity contribution is 6.32. The summed E-state index contributed by atoms with van der Waals surface area (Å²) in [4.78, 5) is 21.6. The molecular formula is C15H11ClO4. The number of carboxylic acid groups (broad SMARTS) is 1. The third kappa shape index (κ3) is 3.16. The van der Waals surface area contributed by atoms with Crippen molar-refractivity contribution in [3.8, 4) is 5.75 Å². The van der Waals surface area contributed by atoms with Crippen LogP contribution >= 0.6 is 11.6 Å². The molecule has 0 spiro atoms. The minimum Gasteiger partial charge on any atom is -0.487 e. The Balaban J connectivity index is 2.13. The van der Waals surface area contributed by atoms with Gasteiger partial charge in [0, 0.05) is 0 Å². The predicted molar refractivity (Wildman–Crippen MR) is 74.6 cm³/mol. The van der Waals surface area contributed by atoms with Crippen molar-refractivity contribution < 1.29 is 19.4 Å². The Morgan fingerprint density at radius 2 is 1.90 bits per heavy atom. The molecule has 0 atom stereocenters. The van der Waals surface area contributed by atoms with Gasteiger partial charge < -0.3 is 9.84 Å². The first-order valence-electron chi connectivity index (χ1n) is 5.80. The summed E-state index contributed by atoms with van der Waals surface area (Å²) in [5.74, 6) is -0.654. The van der Waals surface area contributed by atoms with Gasteiger partial charge in [-0.2, -0.15) is 0 Å². The average Bonchev–Trinajstić information content (AvgIpc) is 2.46. The predicted octanol–water partition coefficient (Wildman–Crippen LogP) is 3.43. The fraction of sp³-hybridized carbons (Fsp3) is 0.0667. The molecule has 4 nitrogen and oxygen atoms in total. The number of rotatable bonds is 5. The third-order valence-electron chi connectivity index (χ3n) is 2.71. The molecule has 2 aromatic rings. The van der Waals surface area contributed by atoms with Crippen molar-refractivity contribution >= 4 is 23.9 Å². The van der Waals surface area contributed by atoms with Gasteiger partial charge in [-0.05, 0) is 29.8 Å². The number of para-hydroxylation sites is 1. The molecule has 0 saturated carbocycles. The van der Waals surface area contributed by atoms with E-state index in [0.29, 0.717) is 22.6 Å². The van der Waals surface area contributed by atoms with Crippen LogP contribution in [0.3, 0.4) is 0 Å².